The van der Waals surface area contributed by atoms with Crippen molar-refractivity contribution in [2.24, 2.45) is 17.8 Å². The topological polar surface area (TPSA) is 20.2 Å². The third-order valence-corrected chi connectivity index (χ3v) is 3.66. The SMILES string of the molecule is C/C1=C/C=C/[C@@H](C)CC[C@@H](C(C)C)C(O)C1. The predicted octanol–water partition coefficient (Wildman–Crippen LogP) is 3.94. The van der Waals surface area contributed by atoms with Crippen LogP contribution in [0.25, 0.3) is 0 Å². The van der Waals surface area contributed by atoms with Crippen molar-refractivity contribution in [2.75, 3.05) is 0 Å². The van der Waals surface area contributed by atoms with Crippen molar-refractivity contribution in [2.45, 2.75) is 53.1 Å². The summed E-state index contributed by atoms with van der Waals surface area (Å²) in [4.78, 5) is 0. The summed E-state index contributed by atoms with van der Waals surface area (Å²) in [5, 5.41) is 10.3. The largest absolute Gasteiger partial charge is 0.392 e. The van der Waals surface area contributed by atoms with Gasteiger partial charge in [0.2, 0.25) is 0 Å². The minimum absolute atomic E-state index is 0.171. The Morgan fingerprint density at radius 2 is 2.00 bits per heavy atom. The second-order valence-corrected chi connectivity index (χ2v) is 5.63. The molecule has 0 aromatic heterocycles. The third kappa shape index (κ3) is 4.13. The van der Waals surface area contributed by atoms with E-state index in [2.05, 4.69) is 45.9 Å². The normalized spacial score (nSPS) is 37.9. The van der Waals surface area contributed by atoms with E-state index in [0.29, 0.717) is 17.8 Å². The van der Waals surface area contributed by atoms with Crippen molar-refractivity contribution in [3.63, 3.8) is 0 Å². The minimum atomic E-state index is -0.171. The minimum Gasteiger partial charge on any atom is -0.392 e. The molecule has 1 N–H and O–H groups in total. The summed E-state index contributed by atoms with van der Waals surface area (Å²) < 4.78 is 0. The molecule has 0 saturated carbocycles. The van der Waals surface area contributed by atoms with E-state index in [-0.39, 0.29) is 6.10 Å². The second kappa shape index (κ2) is 6.24. The van der Waals surface area contributed by atoms with E-state index in [4.69, 9.17) is 0 Å². The Labute approximate surface area is 100 Å². The predicted molar refractivity (Wildman–Crippen MR) is 70.2 cm³/mol. The highest BCUT2D eigenvalue weighted by Crippen LogP contribution is 2.28. The summed E-state index contributed by atoms with van der Waals surface area (Å²) in [6, 6.07) is 0. The summed E-state index contributed by atoms with van der Waals surface area (Å²) in [6.07, 6.45) is 9.53. The van der Waals surface area contributed by atoms with Crippen LogP contribution in [-0.4, -0.2) is 11.2 Å². The molecular formula is C15H26O. The van der Waals surface area contributed by atoms with Crippen LogP contribution in [0.5, 0.6) is 0 Å². The van der Waals surface area contributed by atoms with Gasteiger partial charge < -0.3 is 5.11 Å². The Morgan fingerprint density at radius 3 is 2.62 bits per heavy atom. The molecule has 0 aromatic rings. The average Bonchev–Trinajstić information content (AvgIpc) is 2.16. The van der Waals surface area contributed by atoms with E-state index in [1.165, 1.54) is 12.0 Å². The van der Waals surface area contributed by atoms with Crippen molar-refractivity contribution >= 4 is 0 Å². The van der Waals surface area contributed by atoms with Crippen LogP contribution < -0.4 is 0 Å². The first-order valence-corrected chi connectivity index (χ1v) is 6.52. The Morgan fingerprint density at radius 1 is 1.31 bits per heavy atom. The van der Waals surface area contributed by atoms with Gasteiger partial charge in [-0.15, -0.1) is 0 Å². The zero-order valence-electron chi connectivity index (χ0n) is 11.1. The highest BCUT2D eigenvalue weighted by atomic mass is 16.3. The fourth-order valence-electron chi connectivity index (χ4n) is 2.48. The molecule has 0 heterocycles. The second-order valence-electron chi connectivity index (χ2n) is 5.63. The summed E-state index contributed by atoms with van der Waals surface area (Å²) in [6.45, 7) is 8.81. The van der Waals surface area contributed by atoms with Crippen LogP contribution in [0.1, 0.15) is 47.0 Å². The lowest BCUT2D eigenvalue weighted by atomic mass is 9.81. The molecule has 0 aromatic carbocycles. The molecule has 1 rings (SSSR count). The van der Waals surface area contributed by atoms with Gasteiger partial charge in [-0.1, -0.05) is 44.6 Å². The lowest BCUT2D eigenvalue weighted by molar-refractivity contribution is 0.0732. The first-order valence-electron chi connectivity index (χ1n) is 6.52. The maximum atomic E-state index is 10.3. The number of aliphatic hydroxyl groups excluding tert-OH is 1. The highest BCUT2D eigenvalue weighted by molar-refractivity contribution is 5.12. The number of hydrogen-bond acceptors (Lipinski definition) is 1. The third-order valence-electron chi connectivity index (χ3n) is 3.66. The van der Waals surface area contributed by atoms with Gasteiger partial charge in [0.25, 0.3) is 0 Å². The molecule has 0 spiro atoms. The van der Waals surface area contributed by atoms with E-state index in [9.17, 15) is 5.11 Å². The Bertz CT molecular complexity index is 263. The first-order chi connectivity index (χ1) is 7.50. The van der Waals surface area contributed by atoms with Crippen molar-refractivity contribution in [1.29, 1.82) is 0 Å². The molecule has 92 valence electrons. The monoisotopic (exact) mass is 222 g/mol. The molecule has 1 nitrogen and oxygen atoms in total. The molecule has 0 radical (unpaired) electrons. The Hall–Kier alpha value is -0.560. The molecule has 1 aliphatic rings. The van der Waals surface area contributed by atoms with E-state index in [1.54, 1.807) is 0 Å². The standard InChI is InChI=1S/C15H26O/c1-11(2)14-9-8-12(3)6-5-7-13(4)10-15(14)16/h5-7,11-12,14-16H,8-10H2,1-4H3/b6-5+,13-7-/t12-,14+,15?/m1/s1. The van der Waals surface area contributed by atoms with Gasteiger partial charge >= 0.3 is 0 Å². The lowest BCUT2D eigenvalue weighted by Gasteiger charge is -2.28. The van der Waals surface area contributed by atoms with Gasteiger partial charge in [-0.05, 0) is 43.9 Å². The summed E-state index contributed by atoms with van der Waals surface area (Å²) >= 11 is 0. The van der Waals surface area contributed by atoms with Crippen molar-refractivity contribution in [1.82, 2.24) is 0 Å². The smallest absolute Gasteiger partial charge is 0.0607 e. The van der Waals surface area contributed by atoms with Gasteiger partial charge in [-0.25, -0.2) is 0 Å². The van der Waals surface area contributed by atoms with Gasteiger partial charge in [0.05, 0.1) is 6.10 Å². The van der Waals surface area contributed by atoms with Crippen LogP contribution in [0.4, 0.5) is 0 Å². The summed E-state index contributed by atoms with van der Waals surface area (Å²) in [5.41, 5.74) is 1.28. The zero-order valence-corrected chi connectivity index (χ0v) is 11.1. The van der Waals surface area contributed by atoms with Gasteiger partial charge in [0.15, 0.2) is 0 Å². The van der Waals surface area contributed by atoms with E-state index < -0.39 is 0 Å². The van der Waals surface area contributed by atoms with E-state index in [1.807, 2.05) is 0 Å². The Kier molecular flexibility index (Phi) is 5.27. The van der Waals surface area contributed by atoms with Crippen molar-refractivity contribution in [3.8, 4) is 0 Å². The van der Waals surface area contributed by atoms with Crippen molar-refractivity contribution < 1.29 is 5.11 Å². The summed E-state index contributed by atoms with van der Waals surface area (Å²) in [7, 11) is 0. The number of hydrogen-bond donors (Lipinski definition) is 1. The molecule has 1 unspecified atom stereocenters. The fraction of sp³-hybridized carbons (Fsp3) is 0.733. The van der Waals surface area contributed by atoms with Crippen LogP contribution >= 0.6 is 0 Å². The maximum Gasteiger partial charge on any atom is 0.0607 e. The Balaban J connectivity index is 2.78. The van der Waals surface area contributed by atoms with Crippen LogP contribution in [0, 0.1) is 17.8 Å². The maximum absolute atomic E-state index is 10.3. The number of rotatable bonds is 1. The molecule has 0 aliphatic heterocycles. The molecular weight excluding hydrogens is 196 g/mol. The fourth-order valence-corrected chi connectivity index (χ4v) is 2.48. The van der Waals surface area contributed by atoms with Crippen LogP contribution in [0.3, 0.4) is 0 Å². The van der Waals surface area contributed by atoms with Crippen LogP contribution in [0.2, 0.25) is 0 Å². The molecule has 1 aliphatic carbocycles. The molecule has 0 fully saturated rings. The zero-order chi connectivity index (χ0) is 12.1. The first kappa shape index (κ1) is 13.5. The number of allylic oxidation sites excluding steroid dienone is 3. The molecule has 0 saturated heterocycles. The van der Waals surface area contributed by atoms with Crippen LogP contribution in [-0.2, 0) is 0 Å². The van der Waals surface area contributed by atoms with Crippen molar-refractivity contribution in [3.05, 3.63) is 23.8 Å². The molecule has 0 amide bonds. The van der Waals surface area contributed by atoms with Gasteiger partial charge in [-0.3, -0.25) is 0 Å². The molecule has 1 heteroatoms. The van der Waals surface area contributed by atoms with Gasteiger partial charge in [-0.2, -0.15) is 0 Å². The summed E-state index contributed by atoms with van der Waals surface area (Å²) in [5.74, 6) is 1.63. The van der Waals surface area contributed by atoms with Gasteiger partial charge in [0, 0.05) is 0 Å². The van der Waals surface area contributed by atoms with E-state index >= 15 is 0 Å². The van der Waals surface area contributed by atoms with E-state index in [0.717, 1.165) is 12.8 Å². The van der Waals surface area contributed by atoms with Crippen LogP contribution in [0.15, 0.2) is 23.8 Å². The average molecular weight is 222 g/mol. The highest BCUT2D eigenvalue weighted by Gasteiger charge is 2.23. The van der Waals surface area contributed by atoms with Gasteiger partial charge in [0.1, 0.15) is 0 Å². The molecule has 3 atom stereocenters. The molecule has 16 heavy (non-hydrogen) atoms. The quantitative estimate of drug-likeness (QED) is 0.712. The molecule has 0 bridgehead atoms. The number of aliphatic hydroxyl groups is 1. The lowest BCUT2D eigenvalue weighted by Crippen LogP contribution is -2.26.